The molecule has 1 aromatic heterocycles. The van der Waals surface area contributed by atoms with Gasteiger partial charge >= 0.3 is 0 Å². The van der Waals surface area contributed by atoms with Crippen LogP contribution in [0.1, 0.15) is 36.2 Å². The molecule has 0 unspecified atom stereocenters. The molecule has 0 saturated carbocycles. The van der Waals surface area contributed by atoms with Crippen LogP contribution in [0.4, 0.5) is 0 Å². The lowest BCUT2D eigenvalue weighted by molar-refractivity contribution is 0.0779. The summed E-state index contributed by atoms with van der Waals surface area (Å²) in [7, 11) is 0. The molecule has 18 heavy (non-hydrogen) atoms. The summed E-state index contributed by atoms with van der Waals surface area (Å²) >= 11 is 0. The molecule has 2 rings (SSSR count). The number of benzene rings is 1. The van der Waals surface area contributed by atoms with Gasteiger partial charge in [-0.3, -0.25) is 0 Å². The Balaban J connectivity index is 2.64. The van der Waals surface area contributed by atoms with Crippen LogP contribution in [-0.4, -0.2) is 14.9 Å². The number of para-hydroxylation sites is 1. The number of hydrogen-bond acceptors (Lipinski definition) is 2. The largest absolute Gasteiger partial charge is 0.386 e. The first-order chi connectivity index (χ1) is 8.32. The first-order valence-electron chi connectivity index (χ1n) is 6.16. The number of aromatic nitrogens is 2. The van der Waals surface area contributed by atoms with Crippen LogP contribution in [-0.2, 0) is 5.60 Å². The zero-order valence-electron chi connectivity index (χ0n) is 11.7. The van der Waals surface area contributed by atoms with Crippen molar-refractivity contribution in [2.24, 2.45) is 0 Å². The number of hydrogen-bond donors (Lipinski definition) is 1. The first-order valence-corrected chi connectivity index (χ1v) is 6.16. The van der Waals surface area contributed by atoms with Crippen molar-refractivity contribution in [1.82, 2.24) is 9.78 Å². The third-order valence-corrected chi connectivity index (χ3v) is 3.32. The van der Waals surface area contributed by atoms with E-state index in [-0.39, 0.29) is 0 Å². The van der Waals surface area contributed by atoms with Crippen molar-refractivity contribution >= 4 is 0 Å². The van der Waals surface area contributed by atoms with Gasteiger partial charge in [0.1, 0.15) is 0 Å². The second kappa shape index (κ2) is 4.25. The molecule has 96 valence electrons. The van der Waals surface area contributed by atoms with E-state index in [2.05, 4.69) is 31.1 Å². The van der Waals surface area contributed by atoms with Crippen LogP contribution in [0.3, 0.4) is 0 Å². The summed E-state index contributed by atoms with van der Waals surface area (Å²) in [6, 6.07) is 6.20. The maximum Gasteiger partial charge on any atom is 0.0873 e. The molecule has 1 heterocycles. The van der Waals surface area contributed by atoms with E-state index >= 15 is 0 Å². The lowest BCUT2D eigenvalue weighted by Gasteiger charge is -2.18. The van der Waals surface area contributed by atoms with Gasteiger partial charge in [-0.15, -0.1) is 0 Å². The highest BCUT2D eigenvalue weighted by atomic mass is 16.3. The molecule has 3 nitrogen and oxygen atoms in total. The van der Waals surface area contributed by atoms with Gasteiger partial charge in [0.15, 0.2) is 0 Å². The summed E-state index contributed by atoms with van der Waals surface area (Å²) in [6.45, 7) is 9.71. The fraction of sp³-hybridized carbons (Fsp3) is 0.400. The van der Waals surface area contributed by atoms with E-state index in [1.807, 2.05) is 17.7 Å². The smallest absolute Gasteiger partial charge is 0.0873 e. The Hall–Kier alpha value is -1.61. The molecule has 0 aliphatic heterocycles. The Morgan fingerprint density at radius 1 is 1.11 bits per heavy atom. The molecule has 0 spiro atoms. The van der Waals surface area contributed by atoms with Crippen LogP contribution >= 0.6 is 0 Å². The van der Waals surface area contributed by atoms with Crippen molar-refractivity contribution in [2.75, 3.05) is 0 Å². The normalized spacial score (nSPS) is 11.9. The Morgan fingerprint density at radius 3 is 2.11 bits per heavy atom. The molecule has 0 amide bonds. The first kappa shape index (κ1) is 12.8. The molecule has 0 fully saturated rings. The number of nitrogens with zero attached hydrogens (tertiary/aromatic N) is 2. The highest BCUT2D eigenvalue weighted by Crippen LogP contribution is 2.27. The SMILES string of the molecule is Cc1cccc(C)c1-n1ncc(C(C)(C)O)c1C. The van der Waals surface area contributed by atoms with Gasteiger partial charge in [-0.1, -0.05) is 18.2 Å². The van der Waals surface area contributed by atoms with Crippen LogP contribution in [0.15, 0.2) is 24.4 Å². The molecular formula is C15H20N2O. The quantitative estimate of drug-likeness (QED) is 0.881. The van der Waals surface area contributed by atoms with E-state index in [9.17, 15) is 5.11 Å². The van der Waals surface area contributed by atoms with Gasteiger partial charge in [0, 0.05) is 11.3 Å². The van der Waals surface area contributed by atoms with Gasteiger partial charge in [-0.05, 0) is 45.7 Å². The number of rotatable bonds is 2. The molecule has 0 bridgehead atoms. The lowest BCUT2D eigenvalue weighted by atomic mass is 9.99. The summed E-state index contributed by atoms with van der Waals surface area (Å²) in [6.07, 6.45) is 1.75. The van der Waals surface area contributed by atoms with Crippen LogP contribution < -0.4 is 0 Å². The molecule has 0 radical (unpaired) electrons. The highest BCUT2D eigenvalue weighted by Gasteiger charge is 2.23. The van der Waals surface area contributed by atoms with Crippen molar-refractivity contribution in [2.45, 2.75) is 40.2 Å². The molecule has 3 heteroatoms. The van der Waals surface area contributed by atoms with E-state index in [1.165, 1.54) is 11.1 Å². The van der Waals surface area contributed by atoms with Gasteiger partial charge in [0.05, 0.1) is 17.5 Å². The monoisotopic (exact) mass is 244 g/mol. The van der Waals surface area contributed by atoms with Gasteiger partial charge in [-0.25, -0.2) is 4.68 Å². The topological polar surface area (TPSA) is 38.0 Å². The van der Waals surface area contributed by atoms with E-state index in [0.29, 0.717) is 0 Å². The van der Waals surface area contributed by atoms with Gasteiger partial charge in [0.25, 0.3) is 0 Å². The predicted octanol–water partition coefficient (Wildman–Crippen LogP) is 3.02. The second-order valence-corrected chi connectivity index (χ2v) is 5.35. The number of aryl methyl sites for hydroxylation is 2. The van der Waals surface area contributed by atoms with Crippen molar-refractivity contribution < 1.29 is 5.11 Å². The fourth-order valence-electron chi connectivity index (χ4n) is 2.38. The van der Waals surface area contributed by atoms with Gasteiger partial charge in [-0.2, -0.15) is 5.10 Å². The summed E-state index contributed by atoms with van der Waals surface area (Å²) < 4.78 is 1.91. The zero-order chi connectivity index (χ0) is 13.5. The third-order valence-electron chi connectivity index (χ3n) is 3.32. The van der Waals surface area contributed by atoms with Crippen LogP contribution in [0.5, 0.6) is 0 Å². The molecule has 2 aromatic rings. The average Bonchev–Trinajstić information content (AvgIpc) is 2.60. The summed E-state index contributed by atoms with van der Waals surface area (Å²) in [5, 5.41) is 14.5. The Bertz CT molecular complexity index is 556. The maximum absolute atomic E-state index is 10.1. The number of aliphatic hydroxyl groups is 1. The molecule has 0 atom stereocenters. The molecule has 0 aliphatic carbocycles. The lowest BCUT2D eigenvalue weighted by Crippen LogP contribution is -2.16. The molecule has 1 N–H and O–H groups in total. The van der Waals surface area contributed by atoms with Crippen LogP contribution in [0.2, 0.25) is 0 Å². The van der Waals surface area contributed by atoms with Crippen molar-refractivity contribution in [3.05, 3.63) is 46.8 Å². The minimum absolute atomic E-state index is 0.862. The van der Waals surface area contributed by atoms with E-state index in [0.717, 1.165) is 16.9 Å². The third kappa shape index (κ3) is 2.06. The molecule has 0 aliphatic rings. The zero-order valence-corrected chi connectivity index (χ0v) is 11.7. The molecular weight excluding hydrogens is 224 g/mol. The summed E-state index contributed by atoms with van der Waals surface area (Å²) in [4.78, 5) is 0. The fourth-order valence-corrected chi connectivity index (χ4v) is 2.38. The molecule has 1 aromatic carbocycles. The van der Waals surface area contributed by atoms with E-state index < -0.39 is 5.60 Å². The average molecular weight is 244 g/mol. The van der Waals surface area contributed by atoms with Gasteiger partial charge in [0.2, 0.25) is 0 Å². The molecule has 0 saturated heterocycles. The van der Waals surface area contributed by atoms with Crippen molar-refractivity contribution in [3.8, 4) is 5.69 Å². The Morgan fingerprint density at radius 2 is 1.67 bits per heavy atom. The van der Waals surface area contributed by atoms with Crippen molar-refractivity contribution in [3.63, 3.8) is 0 Å². The Labute approximate surface area is 108 Å². The predicted molar refractivity (Wildman–Crippen MR) is 73.0 cm³/mol. The van der Waals surface area contributed by atoms with E-state index in [4.69, 9.17) is 0 Å². The van der Waals surface area contributed by atoms with Gasteiger partial charge < -0.3 is 5.11 Å². The van der Waals surface area contributed by atoms with Crippen LogP contribution in [0.25, 0.3) is 5.69 Å². The maximum atomic E-state index is 10.1. The summed E-state index contributed by atoms with van der Waals surface area (Å²) in [5.41, 5.74) is 4.46. The van der Waals surface area contributed by atoms with Crippen LogP contribution in [0, 0.1) is 20.8 Å². The summed E-state index contributed by atoms with van der Waals surface area (Å²) in [5.74, 6) is 0. The Kier molecular flexibility index (Phi) is 3.03. The van der Waals surface area contributed by atoms with Crippen molar-refractivity contribution in [1.29, 1.82) is 0 Å². The standard InChI is InChI=1S/C15H20N2O/c1-10-7-6-8-11(2)14(10)17-12(3)13(9-16-17)15(4,5)18/h6-9,18H,1-5H3. The van der Waals surface area contributed by atoms with E-state index in [1.54, 1.807) is 20.0 Å². The second-order valence-electron chi connectivity index (χ2n) is 5.35. The minimum Gasteiger partial charge on any atom is -0.386 e. The highest BCUT2D eigenvalue weighted by molar-refractivity contribution is 5.48. The minimum atomic E-state index is -0.862.